The molecule has 3 heteroatoms. The number of carbonyl (C=O) groups excluding carboxylic acids is 3. The standard InChI is InChI=1S/C22H22O3/c1-22(2,3)18(23)13-17(14-9-5-4-6-10-14)19-20(24)15-11-7-8-12-16(15)21(19)25/h4-12,17,19H,13H2,1-3H3/t17-/m1/s1. The summed E-state index contributed by atoms with van der Waals surface area (Å²) in [6.45, 7) is 5.60. The molecule has 0 fully saturated rings. The molecule has 0 heterocycles. The summed E-state index contributed by atoms with van der Waals surface area (Å²) in [6, 6.07) is 16.4. The Morgan fingerprint density at radius 2 is 1.36 bits per heavy atom. The highest BCUT2D eigenvalue weighted by Gasteiger charge is 2.44. The van der Waals surface area contributed by atoms with Gasteiger partial charge in [-0.15, -0.1) is 0 Å². The van der Waals surface area contributed by atoms with Gasteiger partial charge in [-0.3, -0.25) is 14.4 Å². The second-order valence-corrected chi connectivity index (χ2v) is 7.65. The predicted octanol–water partition coefficient (Wildman–Crippen LogP) is 4.47. The van der Waals surface area contributed by atoms with Crippen LogP contribution in [0.2, 0.25) is 0 Å². The lowest BCUT2D eigenvalue weighted by molar-refractivity contribution is -0.126. The van der Waals surface area contributed by atoms with Crippen molar-refractivity contribution in [2.24, 2.45) is 11.3 Å². The van der Waals surface area contributed by atoms with Gasteiger partial charge in [0.1, 0.15) is 5.78 Å². The van der Waals surface area contributed by atoms with Crippen LogP contribution in [0.25, 0.3) is 0 Å². The lowest BCUT2D eigenvalue weighted by Crippen LogP contribution is -2.29. The largest absolute Gasteiger partial charge is 0.299 e. The lowest BCUT2D eigenvalue weighted by Gasteiger charge is -2.25. The molecule has 1 atom stereocenters. The molecule has 0 aromatic heterocycles. The van der Waals surface area contributed by atoms with Gasteiger partial charge in [-0.2, -0.15) is 0 Å². The molecule has 0 saturated carbocycles. The molecule has 0 saturated heterocycles. The van der Waals surface area contributed by atoms with E-state index in [9.17, 15) is 14.4 Å². The molecule has 0 N–H and O–H groups in total. The van der Waals surface area contributed by atoms with Crippen LogP contribution >= 0.6 is 0 Å². The molecule has 0 amide bonds. The van der Waals surface area contributed by atoms with Crippen LogP contribution in [-0.4, -0.2) is 17.3 Å². The van der Waals surface area contributed by atoms with Gasteiger partial charge in [-0.05, 0) is 5.56 Å². The summed E-state index contributed by atoms with van der Waals surface area (Å²) in [4.78, 5) is 38.5. The van der Waals surface area contributed by atoms with Crippen molar-refractivity contribution in [2.75, 3.05) is 0 Å². The van der Waals surface area contributed by atoms with Gasteiger partial charge in [-0.1, -0.05) is 75.4 Å². The molecule has 0 radical (unpaired) electrons. The van der Waals surface area contributed by atoms with Crippen molar-refractivity contribution < 1.29 is 14.4 Å². The highest BCUT2D eigenvalue weighted by molar-refractivity contribution is 6.27. The average molecular weight is 334 g/mol. The maximum atomic E-state index is 12.9. The zero-order valence-electron chi connectivity index (χ0n) is 14.8. The maximum absolute atomic E-state index is 12.9. The van der Waals surface area contributed by atoms with Crippen LogP contribution in [0, 0.1) is 11.3 Å². The van der Waals surface area contributed by atoms with Gasteiger partial charge in [0.2, 0.25) is 0 Å². The highest BCUT2D eigenvalue weighted by Crippen LogP contribution is 2.40. The van der Waals surface area contributed by atoms with Gasteiger partial charge >= 0.3 is 0 Å². The Morgan fingerprint density at radius 1 is 0.880 bits per heavy atom. The first-order valence-corrected chi connectivity index (χ1v) is 8.56. The molecule has 128 valence electrons. The zero-order valence-corrected chi connectivity index (χ0v) is 14.8. The first-order chi connectivity index (χ1) is 11.8. The topological polar surface area (TPSA) is 51.2 Å². The summed E-state index contributed by atoms with van der Waals surface area (Å²) in [5.74, 6) is -1.53. The Kier molecular flexibility index (Phi) is 4.42. The van der Waals surface area contributed by atoms with E-state index in [-0.39, 0.29) is 23.8 Å². The van der Waals surface area contributed by atoms with Crippen LogP contribution in [0.5, 0.6) is 0 Å². The van der Waals surface area contributed by atoms with E-state index in [2.05, 4.69) is 0 Å². The van der Waals surface area contributed by atoms with Crippen LogP contribution in [0.4, 0.5) is 0 Å². The number of ketones is 3. The fraction of sp³-hybridized carbons (Fsp3) is 0.318. The Morgan fingerprint density at radius 3 is 1.84 bits per heavy atom. The normalized spacial score (nSPS) is 16.0. The summed E-state index contributed by atoms with van der Waals surface area (Å²) in [5.41, 5.74) is 1.30. The highest BCUT2D eigenvalue weighted by atomic mass is 16.2. The van der Waals surface area contributed by atoms with Crippen LogP contribution in [0.1, 0.15) is 59.4 Å². The van der Waals surface area contributed by atoms with Crippen LogP contribution < -0.4 is 0 Å². The number of benzene rings is 2. The van der Waals surface area contributed by atoms with E-state index in [1.54, 1.807) is 24.3 Å². The molecule has 25 heavy (non-hydrogen) atoms. The van der Waals surface area contributed by atoms with Crippen molar-refractivity contribution in [1.29, 1.82) is 0 Å². The monoisotopic (exact) mass is 334 g/mol. The minimum Gasteiger partial charge on any atom is -0.299 e. The van der Waals surface area contributed by atoms with Crippen molar-refractivity contribution >= 4 is 17.3 Å². The number of rotatable bonds is 4. The Hall–Kier alpha value is -2.55. The van der Waals surface area contributed by atoms with E-state index in [0.717, 1.165) is 5.56 Å². The van der Waals surface area contributed by atoms with Gasteiger partial charge in [0.25, 0.3) is 0 Å². The molecule has 3 rings (SSSR count). The molecular weight excluding hydrogens is 312 g/mol. The van der Waals surface area contributed by atoms with Gasteiger partial charge < -0.3 is 0 Å². The predicted molar refractivity (Wildman–Crippen MR) is 96.9 cm³/mol. The van der Waals surface area contributed by atoms with Crippen molar-refractivity contribution in [1.82, 2.24) is 0 Å². The zero-order chi connectivity index (χ0) is 18.2. The van der Waals surface area contributed by atoms with Crippen molar-refractivity contribution in [3.05, 3.63) is 71.3 Å². The van der Waals surface area contributed by atoms with E-state index in [1.165, 1.54) is 0 Å². The van der Waals surface area contributed by atoms with E-state index in [4.69, 9.17) is 0 Å². The average Bonchev–Trinajstić information content (AvgIpc) is 2.84. The third kappa shape index (κ3) is 3.19. The molecule has 0 bridgehead atoms. The van der Waals surface area contributed by atoms with E-state index < -0.39 is 17.3 Å². The number of hydrogen-bond acceptors (Lipinski definition) is 3. The third-order valence-corrected chi connectivity index (χ3v) is 4.89. The number of Topliss-reactive ketones (excluding diaryl/α,β-unsaturated/α-hetero) is 3. The molecule has 0 aliphatic heterocycles. The number of fused-ring (bicyclic) bond motifs is 1. The number of carbonyl (C=O) groups is 3. The maximum Gasteiger partial charge on any atom is 0.175 e. The van der Waals surface area contributed by atoms with Gasteiger partial charge in [0.05, 0.1) is 5.92 Å². The summed E-state index contributed by atoms with van der Waals surface area (Å²) in [6.07, 6.45) is 0.184. The second kappa shape index (κ2) is 6.40. The van der Waals surface area contributed by atoms with Crippen molar-refractivity contribution in [3.63, 3.8) is 0 Å². The van der Waals surface area contributed by atoms with Crippen LogP contribution in [-0.2, 0) is 4.79 Å². The molecular formula is C22H22O3. The smallest absolute Gasteiger partial charge is 0.175 e. The minimum absolute atomic E-state index is 0.0536. The molecule has 0 unspecified atom stereocenters. The van der Waals surface area contributed by atoms with Gasteiger partial charge in [0, 0.05) is 28.9 Å². The summed E-state index contributed by atoms with van der Waals surface area (Å²) in [7, 11) is 0. The van der Waals surface area contributed by atoms with E-state index >= 15 is 0 Å². The first kappa shape index (κ1) is 17.3. The van der Waals surface area contributed by atoms with Crippen molar-refractivity contribution in [2.45, 2.75) is 33.1 Å². The summed E-state index contributed by atoms with van der Waals surface area (Å²) in [5, 5.41) is 0. The Bertz CT molecular complexity index is 793. The third-order valence-electron chi connectivity index (χ3n) is 4.89. The fourth-order valence-electron chi connectivity index (χ4n) is 3.37. The Labute approximate surface area is 148 Å². The SMILES string of the molecule is CC(C)(C)C(=O)C[C@H](c1ccccc1)C1C(=O)c2ccccc2C1=O. The van der Waals surface area contributed by atoms with E-state index in [1.807, 2.05) is 51.1 Å². The minimum atomic E-state index is -0.814. The molecule has 2 aromatic rings. The molecule has 2 aromatic carbocycles. The molecule has 0 spiro atoms. The first-order valence-electron chi connectivity index (χ1n) is 8.56. The van der Waals surface area contributed by atoms with Gasteiger partial charge in [0.15, 0.2) is 11.6 Å². The quantitative estimate of drug-likeness (QED) is 0.775. The number of hydrogen-bond donors (Lipinski definition) is 0. The van der Waals surface area contributed by atoms with Crippen molar-refractivity contribution in [3.8, 4) is 0 Å². The van der Waals surface area contributed by atoms with Crippen LogP contribution in [0.15, 0.2) is 54.6 Å². The Balaban J connectivity index is 2.03. The summed E-state index contributed by atoms with van der Waals surface area (Å²) < 4.78 is 0. The molecule has 3 nitrogen and oxygen atoms in total. The second-order valence-electron chi connectivity index (χ2n) is 7.65. The van der Waals surface area contributed by atoms with Gasteiger partial charge in [-0.25, -0.2) is 0 Å². The fourth-order valence-corrected chi connectivity index (χ4v) is 3.37. The lowest BCUT2D eigenvalue weighted by atomic mass is 9.76. The molecule has 1 aliphatic carbocycles. The molecule has 1 aliphatic rings. The summed E-state index contributed by atoms with van der Waals surface area (Å²) >= 11 is 0. The van der Waals surface area contributed by atoms with E-state index in [0.29, 0.717) is 11.1 Å². The van der Waals surface area contributed by atoms with Crippen LogP contribution in [0.3, 0.4) is 0 Å².